The largest absolute Gasteiger partial charge is 0.497 e. The maximum absolute atomic E-state index is 12.6. The van der Waals surface area contributed by atoms with Gasteiger partial charge in [0.05, 0.1) is 13.7 Å². The quantitative estimate of drug-likeness (QED) is 0.690. The molecule has 0 N–H and O–H groups in total. The van der Waals surface area contributed by atoms with Crippen LogP contribution < -0.4 is 4.74 Å². The molecule has 1 aliphatic carbocycles. The van der Waals surface area contributed by atoms with E-state index in [0.717, 1.165) is 49.8 Å². The van der Waals surface area contributed by atoms with Gasteiger partial charge in [-0.25, -0.2) is 0 Å². The number of benzene rings is 1. The number of hydrogen-bond donors (Lipinski definition) is 0. The summed E-state index contributed by atoms with van der Waals surface area (Å²) < 4.78 is 10.6. The maximum Gasteiger partial charge on any atom is 0.241 e. The minimum absolute atomic E-state index is 0.319. The molecular formula is C23H32N4O3. The predicted octanol–water partition coefficient (Wildman–Crippen LogP) is 3.75. The summed E-state index contributed by atoms with van der Waals surface area (Å²) in [6.07, 6.45) is 8.44. The van der Waals surface area contributed by atoms with E-state index in [2.05, 4.69) is 15.0 Å². The van der Waals surface area contributed by atoms with E-state index in [1.807, 2.05) is 29.2 Å². The first kappa shape index (κ1) is 20.8. The van der Waals surface area contributed by atoms with Gasteiger partial charge >= 0.3 is 0 Å². The molecule has 7 nitrogen and oxygen atoms in total. The molecular weight excluding hydrogens is 380 g/mol. The Labute approximate surface area is 178 Å². The number of rotatable bonds is 7. The van der Waals surface area contributed by atoms with Crippen LogP contribution in [0.3, 0.4) is 0 Å². The molecule has 0 bridgehead atoms. The zero-order chi connectivity index (χ0) is 20.8. The smallest absolute Gasteiger partial charge is 0.241 e. The average Bonchev–Trinajstić information content (AvgIpc) is 3.27. The maximum atomic E-state index is 12.6. The molecule has 1 saturated heterocycles. The molecule has 30 heavy (non-hydrogen) atoms. The van der Waals surface area contributed by atoms with E-state index in [1.54, 1.807) is 7.11 Å². The Balaban J connectivity index is 1.22. The van der Waals surface area contributed by atoms with E-state index in [1.165, 1.54) is 32.1 Å². The van der Waals surface area contributed by atoms with Gasteiger partial charge in [0.2, 0.25) is 17.6 Å². The molecule has 0 radical (unpaired) electrons. The highest BCUT2D eigenvalue weighted by Gasteiger charge is 2.23. The molecule has 2 fully saturated rings. The summed E-state index contributed by atoms with van der Waals surface area (Å²) in [5.41, 5.74) is 0.902. The lowest BCUT2D eigenvalue weighted by Gasteiger charge is -2.34. The van der Waals surface area contributed by atoms with Gasteiger partial charge in [-0.1, -0.05) is 37.3 Å². The fourth-order valence-corrected chi connectivity index (χ4v) is 4.48. The van der Waals surface area contributed by atoms with E-state index in [4.69, 9.17) is 9.26 Å². The monoisotopic (exact) mass is 412 g/mol. The molecule has 1 aromatic heterocycles. The van der Waals surface area contributed by atoms with Crippen molar-refractivity contribution in [3.63, 3.8) is 0 Å². The first-order valence-corrected chi connectivity index (χ1v) is 11.2. The number of amides is 1. The van der Waals surface area contributed by atoms with Crippen LogP contribution in [0.5, 0.6) is 5.75 Å². The fourth-order valence-electron chi connectivity index (χ4n) is 4.48. The van der Waals surface area contributed by atoms with E-state index >= 15 is 0 Å². The van der Waals surface area contributed by atoms with Crippen LogP contribution in [0.4, 0.5) is 0 Å². The summed E-state index contributed by atoms with van der Waals surface area (Å²) in [4.78, 5) is 21.4. The second-order valence-corrected chi connectivity index (χ2v) is 8.44. The summed E-state index contributed by atoms with van der Waals surface area (Å²) in [6, 6.07) is 7.61. The van der Waals surface area contributed by atoms with E-state index in [9.17, 15) is 4.79 Å². The molecule has 1 amide bonds. The van der Waals surface area contributed by atoms with Crippen molar-refractivity contribution in [1.29, 1.82) is 0 Å². The molecule has 1 aliphatic heterocycles. The van der Waals surface area contributed by atoms with Crippen molar-refractivity contribution >= 4 is 5.91 Å². The molecule has 7 heteroatoms. The van der Waals surface area contributed by atoms with Gasteiger partial charge < -0.3 is 14.2 Å². The molecule has 0 spiro atoms. The Hall–Kier alpha value is -2.41. The van der Waals surface area contributed by atoms with Crippen molar-refractivity contribution in [2.45, 2.75) is 51.5 Å². The highest BCUT2D eigenvalue weighted by molar-refractivity contribution is 5.76. The molecule has 162 valence electrons. The number of nitrogens with zero attached hydrogens (tertiary/aromatic N) is 4. The van der Waals surface area contributed by atoms with Crippen LogP contribution in [0.25, 0.3) is 11.4 Å². The van der Waals surface area contributed by atoms with Crippen molar-refractivity contribution in [1.82, 2.24) is 19.9 Å². The van der Waals surface area contributed by atoms with Gasteiger partial charge in [-0.2, -0.15) is 4.98 Å². The molecule has 2 aliphatic rings. The lowest BCUT2D eigenvalue weighted by Crippen LogP contribution is -2.48. The van der Waals surface area contributed by atoms with Gasteiger partial charge in [0.25, 0.3) is 0 Å². The fraction of sp³-hybridized carbons (Fsp3) is 0.609. The number of ether oxygens (including phenoxy) is 1. The van der Waals surface area contributed by atoms with Gasteiger partial charge in [-0.05, 0) is 36.6 Å². The third-order valence-corrected chi connectivity index (χ3v) is 6.39. The summed E-state index contributed by atoms with van der Waals surface area (Å²) in [5.74, 6) is 3.08. The minimum Gasteiger partial charge on any atom is -0.497 e. The molecule has 4 rings (SSSR count). The number of hydrogen-bond acceptors (Lipinski definition) is 6. The van der Waals surface area contributed by atoms with Gasteiger partial charge in [0, 0.05) is 38.2 Å². The number of methoxy groups -OCH3 is 1. The third-order valence-electron chi connectivity index (χ3n) is 6.39. The van der Waals surface area contributed by atoms with Crippen LogP contribution in [-0.4, -0.2) is 59.1 Å². The first-order chi connectivity index (χ1) is 14.7. The average molecular weight is 413 g/mol. The Kier molecular flexibility index (Phi) is 7.00. The van der Waals surface area contributed by atoms with Gasteiger partial charge in [0.15, 0.2) is 0 Å². The van der Waals surface area contributed by atoms with Crippen LogP contribution in [0.1, 0.15) is 50.8 Å². The zero-order valence-electron chi connectivity index (χ0n) is 17.9. The Morgan fingerprint density at radius 3 is 2.53 bits per heavy atom. The predicted molar refractivity (Wildman–Crippen MR) is 114 cm³/mol. The zero-order valence-corrected chi connectivity index (χ0v) is 17.9. The first-order valence-electron chi connectivity index (χ1n) is 11.2. The van der Waals surface area contributed by atoms with Crippen molar-refractivity contribution < 1.29 is 14.1 Å². The second-order valence-electron chi connectivity index (χ2n) is 8.44. The molecule has 1 saturated carbocycles. The number of carbonyl (C=O) groups is 1. The lowest BCUT2D eigenvalue weighted by atomic mass is 9.86. The van der Waals surface area contributed by atoms with Crippen molar-refractivity contribution in [3.8, 4) is 17.1 Å². The van der Waals surface area contributed by atoms with Gasteiger partial charge in [-0.3, -0.25) is 9.69 Å². The molecule has 0 atom stereocenters. The summed E-state index contributed by atoms with van der Waals surface area (Å²) in [6.45, 7) is 3.87. The standard InChI is InChI=1S/C23H32N4O3/c1-29-20-10-8-19(9-11-20)23-24-21(30-25-23)17-26-13-15-27(16-14-26)22(28)12-7-18-5-3-2-4-6-18/h8-11,18H,2-7,12-17H2,1H3. The topological polar surface area (TPSA) is 71.7 Å². The normalized spacial score (nSPS) is 18.5. The second kappa shape index (κ2) is 10.1. The van der Waals surface area contributed by atoms with Crippen LogP contribution in [0, 0.1) is 5.92 Å². The molecule has 0 unspecified atom stereocenters. The van der Waals surface area contributed by atoms with Crippen LogP contribution >= 0.6 is 0 Å². The third kappa shape index (κ3) is 5.39. The Morgan fingerprint density at radius 1 is 1.10 bits per heavy atom. The lowest BCUT2D eigenvalue weighted by molar-refractivity contribution is -0.133. The van der Waals surface area contributed by atoms with Gasteiger partial charge in [-0.15, -0.1) is 0 Å². The Morgan fingerprint density at radius 2 is 1.83 bits per heavy atom. The van der Waals surface area contributed by atoms with E-state index in [0.29, 0.717) is 30.6 Å². The molecule has 2 aromatic rings. The SMILES string of the molecule is COc1ccc(-c2noc(CN3CCN(C(=O)CCC4CCCCC4)CC3)n2)cc1. The van der Waals surface area contributed by atoms with Crippen LogP contribution in [0.2, 0.25) is 0 Å². The van der Waals surface area contributed by atoms with E-state index in [-0.39, 0.29) is 0 Å². The van der Waals surface area contributed by atoms with Crippen molar-refractivity contribution in [2.75, 3.05) is 33.3 Å². The number of aromatic nitrogens is 2. The van der Waals surface area contributed by atoms with Crippen LogP contribution in [0.15, 0.2) is 28.8 Å². The number of carbonyl (C=O) groups excluding carboxylic acids is 1. The minimum atomic E-state index is 0.319. The van der Waals surface area contributed by atoms with Gasteiger partial charge in [0.1, 0.15) is 5.75 Å². The molecule has 1 aromatic carbocycles. The summed E-state index contributed by atoms with van der Waals surface area (Å²) >= 11 is 0. The highest BCUT2D eigenvalue weighted by atomic mass is 16.5. The van der Waals surface area contributed by atoms with Crippen molar-refractivity contribution in [2.24, 2.45) is 5.92 Å². The molecule has 2 heterocycles. The summed E-state index contributed by atoms with van der Waals surface area (Å²) in [7, 11) is 1.64. The number of piperazine rings is 1. The Bertz CT molecular complexity index is 806. The van der Waals surface area contributed by atoms with Crippen LogP contribution in [-0.2, 0) is 11.3 Å². The van der Waals surface area contributed by atoms with E-state index < -0.39 is 0 Å². The van der Waals surface area contributed by atoms with Crippen molar-refractivity contribution in [3.05, 3.63) is 30.2 Å². The summed E-state index contributed by atoms with van der Waals surface area (Å²) in [5, 5.41) is 4.10. The highest BCUT2D eigenvalue weighted by Crippen LogP contribution is 2.27.